The number of fused-ring (bicyclic) bond motifs is 2. The average Bonchev–Trinajstić information content (AvgIpc) is 2.61. The first-order valence-corrected chi connectivity index (χ1v) is 7.69. The monoisotopic (exact) mass is 274 g/mol. The van der Waals surface area contributed by atoms with Crippen LogP contribution in [0, 0.1) is 5.41 Å². The van der Waals surface area contributed by atoms with Crippen LogP contribution < -0.4 is 4.74 Å². The zero-order valence-corrected chi connectivity index (χ0v) is 12.7. The van der Waals surface area contributed by atoms with Gasteiger partial charge >= 0.3 is 0 Å². The van der Waals surface area contributed by atoms with Crippen LogP contribution in [0.2, 0.25) is 0 Å². The van der Waals surface area contributed by atoms with Crippen LogP contribution >= 0.6 is 0 Å². The molecule has 1 heterocycles. The second-order valence-corrected chi connectivity index (χ2v) is 7.24. The molecule has 1 nitrogen and oxygen atoms in total. The van der Waals surface area contributed by atoms with E-state index in [1.807, 2.05) is 0 Å². The summed E-state index contributed by atoms with van der Waals surface area (Å²) in [6, 6.07) is 15.1. The topological polar surface area (TPSA) is 9.23 Å². The van der Waals surface area contributed by atoms with Gasteiger partial charge in [-0.25, -0.2) is 0 Å². The Balaban J connectivity index is 1.94. The average molecular weight is 274 g/mol. The molecule has 0 N–H and O–H groups in total. The summed E-state index contributed by atoms with van der Waals surface area (Å²) in [6.07, 6.45) is 1.16. The first kappa shape index (κ1) is 11.6. The zero-order chi connectivity index (χ0) is 14.4. The summed E-state index contributed by atoms with van der Waals surface area (Å²) in [5.41, 5.74) is 7.61. The molecule has 0 saturated heterocycles. The molecule has 0 saturated carbocycles. The number of hydrogen-bond acceptors (Lipinski definition) is 1. The molecule has 2 aromatic carbocycles. The largest absolute Gasteiger partial charge is 0.457 e. The lowest BCUT2D eigenvalue weighted by molar-refractivity contribution is 0.347. The van der Waals surface area contributed by atoms with Crippen LogP contribution in [0.1, 0.15) is 43.9 Å². The molecule has 104 valence electrons. The molecule has 1 heteroatoms. The maximum absolute atomic E-state index is 6.17. The molecular formula is C20H18O. The molecule has 1 aliphatic heterocycles. The summed E-state index contributed by atoms with van der Waals surface area (Å²) in [4.78, 5) is 0. The summed E-state index contributed by atoms with van der Waals surface area (Å²) in [5.74, 6) is 2.09. The van der Waals surface area contributed by atoms with Crippen molar-refractivity contribution in [3.63, 3.8) is 0 Å². The molecule has 0 bridgehead atoms. The number of allylic oxidation sites excluding steroid dienone is 2. The molecule has 1 atom stereocenters. The van der Waals surface area contributed by atoms with Crippen molar-refractivity contribution >= 4 is 5.57 Å². The quantitative estimate of drug-likeness (QED) is 0.633. The fourth-order valence-electron chi connectivity index (χ4n) is 4.78. The lowest BCUT2D eigenvalue weighted by atomic mass is 9.55. The Morgan fingerprint density at radius 3 is 2.57 bits per heavy atom. The highest BCUT2D eigenvalue weighted by Gasteiger charge is 2.61. The first-order valence-electron chi connectivity index (χ1n) is 7.69. The minimum absolute atomic E-state index is 0.0777. The van der Waals surface area contributed by atoms with E-state index in [2.05, 4.69) is 63.2 Å². The van der Waals surface area contributed by atoms with E-state index < -0.39 is 0 Å². The Morgan fingerprint density at radius 2 is 1.71 bits per heavy atom. The Hall–Kier alpha value is -2.02. The predicted molar refractivity (Wildman–Crippen MR) is 84.7 cm³/mol. The fourth-order valence-corrected chi connectivity index (χ4v) is 4.78. The highest BCUT2D eigenvalue weighted by molar-refractivity contribution is 5.98. The molecule has 2 aliphatic carbocycles. The van der Waals surface area contributed by atoms with E-state index in [-0.39, 0.29) is 10.8 Å². The van der Waals surface area contributed by atoms with E-state index in [1.165, 1.54) is 16.7 Å². The highest BCUT2D eigenvalue weighted by atomic mass is 16.5. The second-order valence-electron chi connectivity index (χ2n) is 7.24. The molecule has 3 aliphatic rings. The van der Waals surface area contributed by atoms with Crippen molar-refractivity contribution in [3.05, 3.63) is 64.7 Å². The van der Waals surface area contributed by atoms with Gasteiger partial charge in [-0.2, -0.15) is 0 Å². The molecule has 0 amide bonds. The molecule has 1 spiro atoms. The molecule has 0 aromatic heterocycles. The van der Waals surface area contributed by atoms with E-state index in [1.54, 1.807) is 11.1 Å². The van der Waals surface area contributed by atoms with Gasteiger partial charge in [0.05, 0.1) is 5.41 Å². The Bertz CT molecular complexity index is 841. The normalized spacial score (nSPS) is 26.4. The van der Waals surface area contributed by atoms with Crippen molar-refractivity contribution in [2.45, 2.75) is 32.6 Å². The summed E-state index contributed by atoms with van der Waals surface area (Å²) in [6.45, 7) is 7.07. The SMILES string of the molecule is CC1=C2c3cccc4c3C2(CC1(C)C)c1ccccc1O4. The van der Waals surface area contributed by atoms with Crippen molar-refractivity contribution in [1.82, 2.24) is 0 Å². The maximum Gasteiger partial charge on any atom is 0.132 e. The van der Waals surface area contributed by atoms with Crippen molar-refractivity contribution in [2.24, 2.45) is 5.41 Å². The molecule has 1 unspecified atom stereocenters. The van der Waals surface area contributed by atoms with Gasteiger partial charge in [-0.1, -0.05) is 49.8 Å². The molecule has 2 aromatic rings. The number of para-hydroxylation sites is 1. The van der Waals surface area contributed by atoms with Crippen LogP contribution in [0.25, 0.3) is 5.57 Å². The minimum Gasteiger partial charge on any atom is -0.457 e. The van der Waals surface area contributed by atoms with Crippen LogP contribution in [0.5, 0.6) is 11.5 Å². The molecule has 5 rings (SSSR count). The van der Waals surface area contributed by atoms with Gasteiger partial charge in [0.1, 0.15) is 11.5 Å². The number of ether oxygens (including phenoxy) is 1. The van der Waals surface area contributed by atoms with Crippen LogP contribution in [0.4, 0.5) is 0 Å². The highest BCUT2D eigenvalue weighted by Crippen LogP contribution is 2.72. The third-order valence-corrected chi connectivity index (χ3v) is 5.81. The van der Waals surface area contributed by atoms with Crippen LogP contribution in [0.15, 0.2) is 48.0 Å². The summed E-state index contributed by atoms with van der Waals surface area (Å²) in [5, 5.41) is 0. The third-order valence-electron chi connectivity index (χ3n) is 5.81. The smallest absolute Gasteiger partial charge is 0.132 e. The first-order chi connectivity index (χ1) is 10.1. The Kier molecular flexibility index (Phi) is 1.79. The minimum atomic E-state index is 0.0777. The van der Waals surface area contributed by atoms with Crippen LogP contribution in [-0.4, -0.2) is 0 Å². The van der Waals surface area contributed by atoms with E-state index in [9.17, 15) is 0 Å². The van der Waals surface area contributed by atoms with E-state index in [0.717, 1.165) is 17.9 Å². The van der Waals surface area contributed by atoms with E-state index in [0.29, 0.717) is 0 Å². The van der Waals surface area contributed by atoms with Gasteiger partial charge in [0.2, 0.25) is 0 Å². The summed E-state index contributed by atoms with van der Waals surface area (Å²) < 4.78 is 6.17. The number of hydrogen-bond donors (Lipinski definition) is 0. The summed E-state index contributed by atoms with van der Waals surface area (Å²) in [7, 11) is 0. The molecule has 0 radical (unpaired) electrons. The lowest BCUT2D eigenvalue weighted by Crippen LogP contribution is -2.40. The van der Waals surface area contributed by atoms with Crippen molar-refractivity contribution in [1.29, 1.82) is 0 Å². The van der Waals surface area contributed by atoms with Gasteiger partial charge in [-0.3, -0.25) is 0 Å². The van der Waals surface area contributed by atoms with Gasteiger partial charge in [0.25, 0.3) is 0 Å². The van der Waals surface area contributed by atoms with Crippen LogP contribution in [-0.2, 0) is 5.41 Å². The van der Waals surface area contributed by atoms with Gasteiger partial charge in [-0.15, -0.1) is 0 Å². The van der Waals surface area contributed by atoms with Gasteiger partial charge in [0.15, 0.2) is 0 Å². The zero-order valence-electron chi connectivity index (χ0n) is 12.7. The lowest BCUT2D eigenvalue weighted by Gasteiger charge is -2.49. The summed E-state index contributed by atoms with van der Waals surface area (Å²) >= 11 is 0. The van der Waals surface area contributed by atoms with Crippen molar-refractivity contribution in [2.75, 3.05) is 0 Å². The van der Waals surface area contributed by atoms with Gasteiger partial charge in [-0.05, 0) is 42.0 Å². The standard InChI is InChI=1S/C20H18O/c1-12-17-13-7-6-10-16-18(13)20(17,11-19(12,2)3)14-8-4-5-9-15(14)21-16/h4-10H,11H2,1-3H3. The Morgan fingerprint density at radius 1 is 0.952 bits per heavy atom. The third kappa shape index (κ3) is 1.09. The number of benzene rings is 2. The van der Waals surface area contributed by atoms with Gasteiger partial charge < -0.3 is 4.74 Å². The second kappa shape index (κ2) is 3.24. The molecule has 0 fully saturated rings. The van der Waals surface area contributed by atoms with Gasteiger partial charge in [0, 0.05) is 11.1 Å². The number of rotatable bonds is 0. The Labute approximate surface area is 125 Å². The van der Waals surface area contributed by atoms with Crippen LogP contribution in [0.3, 0.4) is 0 Å². The van der Waals surface area contributed by atoms with Crippen molar-refractivity contribution in [3.8, 4) is 11.5 Å². The van der Waals surface area contributed by atoms with E-state index in [4.69, 9.17) is 4.74 Å². The fraction of sp³-hybridized carbons (Fsp3) is 0.300. The van der Waals surface area contributed by atoms with E-state index >= 15 is 0 Å². The van der Waals surface area contributed by atoms with Crippen molar-refractivity contribution < 1.29 is 4.74 Å². The predicted octanol–water partition coefficient (Wildman–Crippen LogP) is 5.30. The maximum atomic E-state index is 6.17. The molecular weight excluding hydrogens is 256 g/mol. The molecule has 21 heavy (non-hydrogen) atoms.